The predicted molar refractivity (Wildman–Crippen MR) is 74.1 cm³/mol. The van der Waals surface area contributed by atoms with Crippen molar-refractivity contribution in [3.05, 3.63) is 44.4 Å². The van der Waals surface area contributed by atoms with Gasteiger partial charge in [-0.2, -0.15) is 0 Å². The smallest absolute Gasteiger partial charge is 0.305 e. The first kappa shape index (κ1) is 11.6. The number of benzene rings is 1. The summed E-state index contributed by atoms with van der Waals surface area (Å²) in [6.45, 7) is 0. The van der Waals surface area contributed by atoms with Crippen LogP contribution in [0.1, 0.15) is 16.4 Å². The van der Waals surface area contributed by atoms with Gasteiger partial charge in [0, 0.05) is 28.0 Å². The lowest BCUT2D eigenvalue weighted by atomic mass is 9.83. The summed E-state index contributed by atoms with van der Waals surface area (Å²) in [5.41, 5.74) is 1.06. The zero-order valence-corrected chi connectivity index (χ0v) is 11.5. The van der Waals surface area contributed by atoms with Crippen LogP contribution in [0.2, 0.25) is 0 Å². The number of aromatic amines is 1. The average molecular weight is 293 g/mol. The van der Waals surface area contributed by atoms with Crippen LogP contribution in [-0.4, -0.2) is 22.1 Å². The molecule has 2 aliphatic heterocycles. The minimum absolute atomic E-state index is 0.00106. The van der Waals surface area contributed by atoms with Crippen LogP contribution in [0.5, 0.6) is 5.75 Å². The van der Waals surface area contributed by atoms with Crippen molar-refractivity contribution in [2.45, 2.75) is 17.2 Å². The Morgan fingerprint density at radius 2 is 2.21 bits per heavy atom. The number of fused-ring (bicyclic) bond motifs is 5. The maximum atomic E-state index is 11.6. The standard InChI is InChI=1S/C13H11NO3S2/c15-12-7-5-18-11-10(19-13(16)14-11)9(7)6-3-1-2-4-8(6)17-12/h1-4,7,9,12,15H,5H2,(H,14,16)/t7-,9+,12+/m0/s1. The van der Waals surface area contributed by atoms with E-state index in [-0.39, 0.29) is 16.7 Å². The molecule has 98 valence electrons. The molecule has 1 aromatic carbocycles. The lowest BCUT2D eigenvalue weighted by Gasteiger charge is -2.38. The summed E-state index contributed by atoms with van der Waals surface area (Å²) in [6.07, 6.45) is -0.808. The van der Waals surface area contributed by atoms with Crippen LogP contribution in [0.3, 0.4) is 0 Å². The van der Waals surface area contributed by atoms with Crippen molar-refractivity contribution >= 4 is 23.1 Å². The van der Waals surface area contributed by atoms with Crippen molar-refractivity contribution in [1.29, 1.82) is 0 Å². The molecule has 0 saturated heterocycles. The number of rotatable bonds is 0. The second-order valence-corrected chi connectivity index (χ2v) is 6.75. The van der Waals surface area contributed by atoms with E-state index in [1.54, 1.807) is 11.8 Å². The van der Waals surface area contributed by atoms with Gasteiger partial charge in [-0.25, -0.2) is 0 Å². The summed E-state index contributed by atoms with van der Waals surface area (Å²) in [6, 6.07) is 7.74. The Kier molecular flexibility index (Phi) is 2.51. The SMILES string of the molecule is O=c1[nH]c2c(s1)[C@@H]1c3ccccc3O[C@@H](O)[C@H]1CS2. The lowest BCUT2D eigenvalue weighted by Crippen LogP contribution is -2.39. The number of hydrogen-bond acceptors (Lipinski definition) is 5. The molecule has 3 atom stereocenters. The summed E-state index contributed by atoms with van der Waals surface area (Å²) in [4.78, 5) is 15.5. The summed E-state index contributed by atoms with van der Waals surface area (Å²) >= 11 is 2.83. The largest absolute Gasteiger partial charge is 0.464 e. The third kappa shape index (κ3) is 1.67. The Morgan fingerprint density at radius 1 is 1.37 bits per heavy atom. The molecule has 0 bridgehead atoms. The third-order valence-electron chi connectivity index (χ3n) is 3.64. The monoisotopic (exact) mass is 293 g/mol. The number of aliphatic hydroxyl groups is 1. The second kappa shape index (κ2) is 4.13. The molecule has 0 unspecified atom stereocenters. The normalized spacial score (nSPS) is 27.9. The molecule has 2 aromatic rings. The number of aliphatic hydroxyl groups excluding tert-OH is 1. The minimum Gasteiger partial charge on any atom is -0.464 e. The van der Waals surface area contributed by atoms with E-state index in [0.717, 1.165) is 27.0 Å². The lowest BCUT2D eigenvalue weighted by molar-refractivity contribution is -0.0717. The van der Waals surface area contributed by atoms with Gasteiger partial charge in [0.15, 0.2) is 0 Å². The maximum Gasteiger partial charge on any atom is 0.305 e. The molecule has 4 nitrogen and oxygen atoms in total. The molecule has 0 amide bonds. The van der Waals surface area contributed by atoms with Crippen LogP contribution < -0.4 is 9.61 Å². The fourth-order valence-electron chi connectivity index (χ4n) is 2.79. The predicted octanol–water partition coefficient (Wildman–Crippen LogP) is 2.00. The van der Waals surface area contributed by atoms with Gasteiger partial charge in [-0.3, -0.25) is 4.79 Å². The quantitative estimate of drug-likeness (QED) is 0.780. The van der Waals surface area contributed by atoms with Crippen molar-refractivity contribution in [1.82, 2.24) is 4.98 Å². The highest BCUT2D eigenvalue weighted by Gasteiger charge is 2.43. The van der Waals surface area contributed by atoms with Crippen molar-refractivity contribution in [3.8, 4) is 5.75 Å². The molecule has 1 aromatic heterocycles. The molecular formula is C13H11NO3S2. The Bertz CT molecular complexity index is 693. The number of thiazole rings is 1. The molecule has 0 radical (unpaired) electrons. The number of thioether (sulfide) groups is 1. The zero-order chi connectivity index (χ0) is 13.0. The van der Waals surface area contributed by atoms with Gasteiger partial charge in [0.25, 0.3) is 0 Å². The van der Waals surface area contributed by atoms with Gasteiger partial charge in [0.2, 0.25) is 6.29 Å². The first-order valence-corrected chi connectivity index (χ1v) is 7.83. The first-order valence-electron chi connectivity index (χ1n) is 6.03. The number of aromatic nitrogens is 1. The van der Waals surface area contributed by atoms with Crippen LogP contribution in [-0.2, 0) is 0 Å². The summed E-state index contributed by atoms with van der Waals surface area (Å²) in [5, 5.41) is 11.1. The maximum absolute atomic E-state index is 11.6. The van der Waals surface area contributed by atoms with Crippen LogP contribution in [0.15, 0.2) is 34.1 Å². The van der Waals surface area contributed by atoms with Crippen molar-refractivity contribution in [2.75, 3.05) is 5.75 Å². The molecular weight excluding hydrogens is 282 g/mol. The van der Waals surface area contributed by atoms with Crippen molar-refractivity contribution in [3.63, 3.8) is 0 Å². The van der Waals surface area contributed by atoms with Gasteiger partial charge in [0.05, 0.1) is 5.03 Å². The van der Waals surface area contributed by atoms with Gasteiger partial charge in [-0.1, -0.05) is 29.5 Å². The highest BCUT2D eigenvalue weighted by molar-refractivity contribution is 7.99. The Hall–Kier alpha value is -1.24. The molecule has 0 spiro atoms. The molecule has 6 heteroatoms. The van der Waals surface area contributed by atoms with E-state index in [9.17, 15) is 9.90 Å². The number of nitrogens with one attached hydrogen (secondary N) is 1. The molecule has 4 rings (SSSR count). The molecule has 2 N–H and O–H groups in total. The highest BCUT2D eigenvalue weighted by atomic mass is 32.2. The molecule has 3 heterocycles. The van der Waals surface area contributed by atoms with E-state index in [1.165, 1.54) is 11.3 Å². The molecule has 0 fully saturated rings. The van der Waals surface area contributed by atoms with Crippen molar-refractivity contribution < 1.29 is 9.84 Å². The van der Waals surface area contributed by atoms with Gasteiger partial charge in [-0.15, -0.1) is 11.8 Å². The van der Waals surface area contributed by atoms with E-state index >= 15 is 0 Å². The summed E-state index contributed by atoms with van der Waals surface area (Å²) < 4.78 is 5.58. The van der Waals surface area contributed by atoms with E-state index in [1.807, 2.05) is 24.3 Å². The van der Waals surface area contributed by atoms with Gasteiger partial charge >= 0.3 is 4.87 Å². The van der Waals surface area contributed by atoms with Crippen LogP contribution in [0.25, 0.3) is 0 Å². The molecule has 0 aliphatic carbocycles. The third-order valence-corrected chi connectivity index (χ3v) is 5.90. The average Bonchev–Trinajstić information content (AvgIpc) is 2.79. The van der Waals surface area contributed by atoms with Gasteiger partial charge in [-0.05, 0) is 6.07 Å². The summed E-state index contributed by atoms with van der Waals surface area (Å²) in [7, 11) is 0. The summed E-state index contributed by atoms with van der Waals surface area (Å²) in [5.74, 6) is 1.52. The molecule has 19 heavy (non-hydrogen) atoms. The Labute approximate surface area is 117 Å². The Balaban J connectivity index is 1.95. The molecule has 2 aliphatic rings. The van der Waals surface area contributed by atoms with Crippen LogP contribution in [0, 0.1) is 5.92 Å². The fourth-order valence-corrected chi connectivity index (χ4v) is 5.23. The van der Waals surface area contributed by atoms with E-state index < -0.39 is 6.29 Å². The van der Waals surface area contributed by atoms with Crippen LogP contribution >= 0.6 is 23.1 Å². The van der Waals surface area contributed by atoms with E-state index in [4.69, 9.17) is 4.74 Å². The number of ether oxygens (including phenoxy) is 1. The topological polar surface area (TPSA) is 62.3 Å². The molecule has 0 saturated carbocycles. The van der Waals surface area contributed by atoms with Gasteiger partial charge in [0.1, 0.15) is 5.75 Å². The number of para-hydroxylation sites is 1. The first-order chi connectivity index (χ1) is 9.24. The number of hydrogen-bond donors (Lipinski definition) is 2. The zero-order valence-electron chi connectivity index (χ0n) is 9.83. The highest BCUT2D eigenvalue weighted by Crippen LogP contribution is 2.51. The number of H-pyrrole nitrogens is 1. The Morgan fingerprint density at radius 3 is 3.11 bits per heavy atom. The second-order valence-electron chi connectivity index (χ2n) is 4.71. The van der Waals surface area contributed by atoms with Crippen molar-refractivity contribution in [2.24, 2.45) is 5.92 Å². The van der Waals surface area contributed by atoms with Gasteiger partial charge < -0.3 is 14.8 Å². The minimum atomic E-state index is -0.808. The van der Waals surface area contributed by atoms with E-state index in [2.05, 4.69) is 4.98 Å². The fraction of sp³-hybridized carbons (Fsp3) is 0.308. The van der Waals surface area contributed by atoms with Crippen LogP contribution in [0.4, 0.5) is 0 Å². The van der Waals surface area contributed by atoms with E-state index in [0.29, 0.717) is 0 Å².